The van der Waals surface area contributed by atoms with Crippen molar-refractivity contribution in [2.24, 2.45) is 17.2 Å². The number of nitrogens with two attached hydrogens (primary N) is 3. The van der Waals surface area contributed by atoms with Gasteiger partial charge in [-0.15, -0.1) is 0 Å². The number of aliphatic hydroxyl groups excluding tert-OH is 5. The lowest BCUT2D eigenvalue weighted by atomic mass is 9.84. The van der Waals surface area contributed by atoms with Gasteiger partial charge in [-0.3, -0.25) is 10.4 Å². The lowest BCUT2D eigenvalue weighted by Gasteiger charge is -2.48. The Labute approximate surface area is 205 Å². The maximum Gasteiger partial charge on any atom is 0.187 e. The van der Waals surface area contributed by atoms with E-state index in [1.165, 1.54) is 0 Å². The van der Waals surface area contributed by atoms with E-state index < -0.39 is 97.6 Å². The molecule has 212 valence electrons. The zero-order valence-electron chi connectivity index (χ0n) is 19.2. The van der Waals surface area contributed by atoms with Crippen molar-refractivity contribution >= 4 is 0 Å². The quantitative estimate of drug-likeness (QED) is 0.123. The summed E-state index contributed by atoms with van der Waals surface area (Å²) in [5, 5.41) is 78.3. The van der Waals surface area contributed by atoms with Crippen LogP contribution in [0.3, 0.4) is 0 Å². The molecule has 2 heterocycles. The predicted octanol–water partition coefficient (Wildman–Crippen LogP) is -6.22. The standard InChI is InChI=1S/C18H37N5O13/c19-3-9-7(25)2-8(36-23(30)31)17(32-9)34-15-5(20)1-6(22-29)16(14(15)28)35-18-13(27)11(21)12(26)10(4-24)33-18/h5-18,22,24-31H,1-4,19-21H2/t5-,6+,7-,8+,9+,10+,11-,12+,13+,14-,15?,16-,17+,18+/m0/s1. The molecule has 3 fully saturated rings. The number of ether oxygens (including phenoxy) is 4. The second kappa shape index (κ2) is 12.9. The number of nitrogens with one attached hydrogen (secondary N) is 1. The van der Waals surface area contributed by atoms with E-state index in [-0.39, 0.29) is 19.4 Å². The maximum absolute atomic E-state index is 11.1. The summed E-state index contributed by atoms with van der Waals surface area (Å²) in [6.45, 7) is -0.736. The van der Waals surface area contributed by atoms with Gasteiger partial charge in [0.1, 0.15) is 42.7 Å². The lowest BCUT2D eigenvalue weighted by Crippen LogP contribution is -2.68. The van der Waals surface area contributed by atoms with E-state index >= 15 is 0 Å². The van der Waals surface area contributed by atoms with Crippen molar-refractivity contribution in [3.05, 3.63) is 0 Å². The molecule has 0 aromatic heterocycles. The second-order valence-corrected chi connectivity index (χ2v) is 9.09. The van der Waals surface area contributed by atoms with Gasteiger partial charge in [-0.25, -0.2) is 4.84 Å². The van der Waals surface area contributed by atoms with Crippen LogP contribution in [0.1, 0.15) is 12.8 Å². The summed E-state index contributed by atoms with van der Waals surface area (Å²) < 4.78 is 22.5. The Hall–Kier alpha value is -0.720. The van der Waals surface area contributed by atoms with E-state index in [4.69, 9.17) is 51.4 Å². The fourth-order valence-corrected chi connectivity index (χ4v) is 4.66. The van der Waals surface area contributed by atoms with E-state index in [2.05, 4.69) is 0 Å². The fraction of sp³-hybridized carbons (Fsp3) is 1.00. The molecule has 18 nitrogen and oxygen atoms in total. The van der Waals surface area contributed by atoms with Crippen molar-refractivity contribution in [1.82, 2.24) is 10.9 Å². The molecule has 0 radical (unpaired) electrons. The molecule has 2 aliphatic heterocycles. The van der Waals surface area contributed by atoms with Crippen LogP contribution < -0.4 is 22.7 Å². The van der Waals surface area contributed by atoms with Crippen LogP contribution in [-0.2, 0) is 23.8 Å². The Bertz CT molecular complexity index is 683. The van der Waals surface area contributed by atoms with Crippen molar-refractivity contribution in [3.8, 4) is 0 Å². The number of nitrogens with zero attached hydrogens (tertiary/aromatic N) is 1. The normalized spacial score (nSPS) is 48.3. The average Bonchev–Trinajstić information content (AvgIpc) is 2.83. The molecule has 1 saturated carbocycles. The molecule has 15 N–H and O–H groups in total. The van der Waals surface area contributed by atoms with E-state index in [9.17, 15) is 30.7 Å². The molecule has 3 aliphatic rings. The average molecular weight is 532 g/mol. The maximum atomic E-state index is 11.1. The first-order valence-corrected chi connectivity index (χ1v) is 11.4. The molecule has 0 bridgehead atoms. The summed E-state index contributed by atoms with van der Waals surface area (Å²) in [5.74, 6) is 0. The third-order valence-corrected chi connectivity index (χ3v) is 6.68. The Kier molecular flexibility index (Phi) is 10.7. The van der Waals surface area contributed by atoms with Crippen LogP contribution in [0.4, 0.5) is 0 Å². The minimum atomic E-state index is -1.60. The van der Waals surface area contributed by atoms with Gasteiger partial charge >= 0.3 is 0 Å². The van der Waals surface area contributed by atoms with Gasteiger partial charge in [-0.1, -0.05) is 0 Å². The van der Waals surface area contributed by atoms with Crippen LogP contribution in [0.25, 0.3) is 0 Å². The van der Waals surface area contributed by atoms with Crippen molar-refractivity contribution in [2.75, 3.05) is 13.2 Å². The first-order valence-electron chi connectivity index (χ1n) is 11.4. The van der Waals surface area contributed by atoms with E-state index in [0.717, 1.165) is 0 Å². The van der Waals surface area contributed by atoms with Gasteiger partial charge in [0.25, 0.3) is 0 Å². The highest BCUT2D eigenvalue weighted by Gasteiger charge is 2.51. The molecule has 3 rings (SSSR count). The summed E-state index contributed by atoms with van der Waals surface area (Å²) in [7, 11) is 0. The highest BCUT2D eigenvalue weighted by molar-refractivity contribution is 5.01. The minimum absolute atomic E-state index is 0.0306. The Morgan fingerprint density at radius 2 is 1.53 bits per heavy atom. The second-order valence-electron chi connectivity index (χ2n) is 9.09. The van der Waals surface area contributed by atoms with Gasteiger partial charge < -0.3 is 66.9 Å². The SMILES string of the molecule is NC[C@H]1O[C@H](OC2[C@@H](N)C[C@@H](NO)[C@H](O[C@H]3O[C@H](CO)[C@@H](O)[C@H](N)[C@H]3O)[C@H]2O)[C@H](ON(O)O)C[C@@H]1O. The van der Waals surface area contributed by atoms with E-state index in [1.807, 2.05) is 5.48 Å². The molecular weight excluding hydrogens is 494 g/mol. The fourth-order valence-electron chi connectivity index (χ4n) is 4.66. The van der Waals surface area contributed by atoms with Gasteiger partial charge in [-0.05, 0) is 6.42 Å². The number of aliphatic hydroxyl groups is 5. The Morgan fingerprint density at radius 3 is 2.11 bits per heavy atom. The first-order chi connectivity index (χ1) is 17.0. The van der Waals surface area contributed by atoms with Crippen molar-refractivity contribution < 1.29 is 64.9 Å². The van der Waals surface area contributed by atoms with Crippen LogP contribution >= 0.6 is 0 Å². The van der Waals surface area contributed by atoms with Gasteiger partial charge in [0.15, 0.2) is 12.6 Å². The highest BCUT2D eigenvalue weighted by atomic mass is 17.1. The highest BCUT2D eigenvalue weighted by Crippen LogP contribution is 2.32. The first kappa shape index (κ1) is 29.8. The van der Waals surface area contributed by atoms with Gasteiger partial charge in [0.05, 0.1) is 36.3 Å². The molecule has 36 heavy (non-hydrogen) atoms. The zero-order valence-corrected chi connectivity index (χ0v) is 19.2. The third-order valence-electron chi connectivity index (χ3n) is 6.68. The molecule has 0 amide bonds. The third kappa shape index (κ3) is 6.46. The monoisotopic (exact) mass is 531 g/mol. The van der Waals surface area contributed by atoms with Gasteiger partial charge in [0, 0.05) is 19.0 Å². The molecule has 0 spiro atoms. The molecule has 18 heteroatoms. The van der Waals surface area contributed by atoms with Gasteiger partial charge in [0.2, 0.25) is 0 Å². The zero-order chi connectivity index (χ0) is 26.7. The summed E-state index contributed by atoms with van der Waals surface area (Å²) in [4.78, 5) is 4.80. The Balaban J connectivity index is 1.77. The van der Waals surface area contributed by atoms with Crippen LogP contribution in [0, 0.1) is 0 Å². The smallest absolute Gasteiger partial charge is 0.187 e. The molecule has 0 aromatic carbocycles. The van der Waals surface area contributed by atoms with Crippen molar-refractivity contribution in [1.29, 1.82) is 0 Å². The molecule has 0 aromatic rings. The number of rotatable bonds is 9. The van der Waals surface area contributed by atoms with E-state index in [0.29, 0.717) is 0 Å². The molecule has 1 aliphatic carbocycles. The number of hydrogen-bond donors (Lipinski definition) is 12. The minimum Gasteiger partial charge on any atom is -0.394 e. The predicted molar refractivity (Wildman–Crippen MR) is 111 cm³/mol. The number of hydroxylamine groups is 1. The Morgan fingerprint density at radius 1 is 0.889 bits per heavy atom. The molecule has 14 atom stereocenters. The van der Waals surface area contributed by atoms with Crippen LogP contribution in [0.2, 0.25) is 0 Å². The van der Waals surface area contributed by atoms with Crippen LogP contribution in [-0.4, -0.2) is 145 Å². The van der Waals surface area contributed by atoms with Crippen LogP contribution in [0.15, 0.2) is 0 Å². The summed E-state index contributed by atoms with van der Waals surface area (Å²) in [6.07, 6.45) is -14.7. The van der Waals surface area contributed by atoms with Crippen molar-refractivity contribution in [3.63, 3.8) is 0 Å². The lowest BCUT2D eigenvalue weighted by molar-refractivity contribution is -0.521. The topological polar surface area (TPSA) is 301 Å². The van der Waals surface area contributed by atoms with Crippen molar-refractivity contribution in [2.45, 2.75) is 98.5 Å². The molecule has 1 unspecified atom stereocenters. The van der Waals surface area contributed by atoms with Crippen LogP contribution in [0.5, 0.6) is 0 Å². The van der Waals surface area contributed by atoms with Gasteiger partial charge in [-0.2, -0.15) is 5.48 Å². The summed E-state index contributed by atoms with van der Waals surface area (Å²) >= 11 is 0. The molecular formula is C18H37N5O13. The molecule has 2 saturated heterocycles. The summed E-state index contributed by atoms with van der Waals surface area (Å²) in [6, 6.07) is -3.16. The number of hydrogen-bond acceptors (Lipinski definition) is 18. The van der Waals surface area contributed by atoms with E-state index in [1.54, 1.807) is 0 Å². The largest absolute Gasteiger partial charge is 0.394 e. The summed E-state index contributed by atoms with van der Waals surface area (Å²) in [5.41, 5.74) is 19.5.